The molecule has 96 valence electrons. The van der Waals surface area contributed by atoms with Gasteiger partial charge in [-0.25, -0.2) is 4.98 Å². The molecule has 0 radical (unpaired) electrons. The lowest BCUT2D eigenvalue weighted by Crippen LogP contribution is -2.32. The molecule has 1 aromatic rings. The van der Waals surface area contributed by atoms with E-state index in [0.29, 0.717) is 23.3 Å². The molecule has 0 saturated carbocycles. The van der Waals surface area contributed by atoms with Crippen molar-refractivity contribution in [3.63, 3.8) is 0 Å². The van der Waals surface area contributed by atoms with Gasteiger partial charge in [0.15, 0.2) is 0 Å². The highest BCUT2D eigenvalue weighted by molar-refractivity contribution is 5.73. The lowest BCUT2D eigenvalue weighted by molar-refractivity contribution is 0.0317. The molecule has 3 rings (SSSR count). The molecule has 2 aliphatic rings. The van der Waals surface area contributed by atoms with Gasteiger partial charge in [-0.3, -0.25) is 4.79 Å². The Labute approximate surface area is 103 Å². The third-order valence-electron chi connectivity index (χ3n) is 3.56. The van der Waals surface area contributed by atoms with Crippen molar-refractivity contribution in [2.24, 2.45) is 0 Å². The second-order valence-corrected chi connectivity index (χ2v) is 4.67. The number of aromatic amines is 1. The highest BCUT2D eigenvalue weighted by Gasteiger charge is 2.43. The van der Waals surface area contributed by atoms with E-state index in [0.717, 1.165) is 0 Å². The van der Waals surface area contributed by atoms with Crippen LogP contribution in [0.25, 0.3) is 5.57 Å². The van der Waals surface area contributed by atoms with Gasteiger partial charge in [-0.05, 0) is 13.3 Å². The molecule has 6 nitrogen and oxygen atoms in total. The van der Waals surface area contributed by atoms with Gasteiger partial charge in [0.25, 0.3) is 5.56 Å². The number of nitrogens with zero attached hydrogens (tertiary/aromatic N) is 1. The van der Waals surface area contributed by atoms with Gasteiger partial charge in [-0.1, -0.05) is 6.08 Å². The number of aliphatic hydroxyl groups excluding tert-OH is 2. The zero-order valence-corrected chi connectivity index (χ0v) is 9.83. The standard InChI is InChI=1S/C12H14N2O4/c1-5-9(15)10(16)11(18-5)6-2-3-7-8(6)13-4-14-12(7)17/h2,4-5,9-11,15-16H,3H2,1H3,(H,13,14,17)/t5-,9-,10-,11+/m1/s1. The largest absolute Gasteiger partial charge is 0.388 e. The summed E-state index contributed by atoms with van der Waals surface area (Å²) in [6, 6.07) is 0. The van der Waals surface area contributed by atoms with Gasteiger partial charge in [-0.2, -0.15) is 0 Å². The first-order valence-electron chi connectivity index (χ1n) is 5.88. The van der Waals surface area contributed by atoms with Gasteiger partial charge in [0.05, 0.1) is 18.1 Å². The molecule has 1 aliphatic heterocycles. The van der Waals surface area contributed by atoms with Crippen molar-refractivity contribution in [3.8, 4) is 0 Å². The van der Waals surface area contributed by atoms with E-state index in [4.69, 9.17) is 4.74 Å². The summed E-state index contributed by atoms with van der Waals surface area (Å²) in [5.74, 6) is 0. The number of hydrogen-bond acceptors (Lipinski definition) is 5. The van der Waals surface area contributed by atoms with Gasteiger partial charge in [0.2, 0.25) is 0 Å². The summed E-state index contributed by atoms with van der Waals surface area (Å²) in [7, 11) is 0. The van der Waals surface area contributed by atoms with E-state index >= 15 is 0 Å². The van der Waals surface area contributed by atoms with Crippen molar-refractivity contribution in [1.82, 2.24) is 9.97 Å². The number of aliphatic hydroxyl groups is 2. The van der Waals surface area contributed by atoms with Crippen LogP contribution in [-0.4, -0.2) is 44.6 Å². The number of hydrogen-bond donors (Lipinski definition) is 3. The van der Waals surface area contributed by atoms with Gasteiger partial charge in [0, 0.05) is 11.1 Å². The number of allylic oxidation sites excluding steroid dienone is 1. The molecule has 1 aliphatic carbocycles. The first-order chi connectivity index (χ1) is 8.59. The Morgan fingerprint density at radius 1 is 1.44 bits per heavy atom. The fourth-order valence-corrected chi connectivity index (χ4v) is 2.53. The molecule has 4 atom stereocenters. The molecule has 1 aromatic heterocycles. The molecule has 0 spiro atoms. The van der Waals surface area contributed by atoms with E-state index in [9.17, 15) is 15.0 Å². The van der Waals surface area contributed by atoms with Gasteiger partial charge in [0.1, 0.15) is 18.3 Å². The Balaban J connectivity index is 1.98. The number of nitrogens with one attached hydrogen (secondary N) is 1. The molecule has 0 aromatic carbocycles. The molecule has 0 unspecified atom stereocenters. The molecule has 18 heavy (non-hydrogen) atoms. The average Bonchev–Trinajstić information content (AvgIpc) is 2.88. The van der Waals surface area contributed by atoms with E-state index in [2.05, 4.69) is 9.97 Å². The molecule has 0 amide bonds. The topological polar surface area (TPSA) is 95.4 Å². The van der Waals surface area contributed by atoms with E-state index in [1.165, 1.54) is 6.33 Å². The zero-order valence-electron chi connectivity index (χ0n) is 9.83. The summed E-state index contributed by atoms with van der Waals surface area (Å²) >= 11 is 0. The van der Waals surface area contributed by atoms with Crippen LogP contribution < -0.4 is 5.56 Å². The maximum atomic E-state index is 11.6. The number of fused-ring (bicyclic) bond motifs is 1. The van der Waals surface area contributed by atoms with Crippen LogP contribution in [0.5, 0.6) is 0 Å². The maximum Gasteiger partial charge on any atom is 0.254 e. The van der Waals surface area contributed by atoms with Crippen molar-refractivity contribution in [3.05, 3.63) is 34.0 Å². The molecule has 3 N–H and O–H groups in total. The molecule has 6 heteroatoms. The van der Waals surface area contributed by atoms with Crippen LogP contribution >= 0.6 is 0 Å². The summed E-state index contributed by atoms with van der Waals surface area (Å²) in [5.41, 5.74) is 1.65. The molecule has 1 fully saturated rings. The Hall–Kier alpha value is -1.50. The second-order valence-electron chi connectivity index (χ2n) is 4.67. The van der Waals surface area contributed by atoms with Crippen molar-refractivity contribution in [2.75, 3.05) is 0 Å². The Morgan fingerprint density at radius 2 is 2.22 bits per heavy atom. The molecular formula is C12H14N2O4. The number of rotatable bonds is 1. The van der Waals surface area contributed by atoms with Crippen LogP contribution in [-0.2, 0) is 11.2 Å². The smallest absolute Gasteiger partial charge is 0.254 e. The second kappa shape index (κ2) is 4.01. The van der Waals surface area contributed by atoms with Crippen LogP contribution in [0.15, 0.2) is 17.2 Å². The van der Waals surface area contributed by atoms with Crippen molar-refractivity contribution >= 4 is 5.57 Å². The highest BCUT2D eigenvalue weighted by atomic mass is 16.5. The lowest BCUT2D eigenvalue weighted by atomic mass is 10.0. The van der Waals surface area contributed by atoms with Gasteiger partial charge in [-0.15, -0.1) is 0 Å². The first kappa shape index (κ1) is 11.6. The molecule has 1 saturated heterocycles. The predicted octanol–water partition coefficient (Wildman–Crippen LogP) is -0.782. The number of H-pyrrole nitrogens is 1. The van der Waals surface area contributed by atoms with Crippen LogP contribution in [0.3, 0.4) is 0 Å². The zero-order chi connectivity index (χ0) is 12.9. The van der Waals surface area contributed by atoms with Crippen molar-refractivity contribution < 1.29 is 14.9 Å². The maximum absolute atomic E-state index is 11.6. The van der Waals surface area contributed by atoms with Crippen molar-refractivity contribution in [1.29, 1.82) is 0 Å². The summed E-state index contributed by atoms with van der Waals surface area (Å²) in [5, 5.41) is 19.7. The SMILES string of the molecule is C[C@H]1O[C@@H](C2=CCc3c2nc[nH]c3=O)[C@H](O)[C@@H]1O. The van der Waals surface area contributed by atoms with Crippen LogP contribution in [0.4, 0.5) is 0 Å². The Morgan fingerprint density at radius 3 is 2.89 bits per heavy atom. The predicted molar refractivity (Wildman–Crippen MR) is 62.9 cm³/mol. The van der Waals surface area contributed by atoms with Gasteiger partial charge < -0.3 is 19.9 Å². The average molecular weight is 250 g/mol. The summed E-state index contributed by atoms with van der Waals surface area (Å²) in [6.45, 7) is 1.70. The fourth-order valence-electron chi connectivity index (χ4n) is 2.53. The minimum atomic E-state index is -0.988. The first-order valence-corrected chi connectivity index (χ1v) is 5.88. The minimum Gasteiger partial charge on any atom is -0.388 e. The van der Waals surface area contributed by atoms with Crippen LogP contribution in [0, 0.1) is 0 Å². The van der Waals surface area contributed by atoms with Crippen molar-refractivity contribution in [2.45, 2.75) is 37.8 Å². The summed E-state index contributed by atoms with van der Waals surface area (Å²) in [4.78, 5) is 18.3. The third kappa shape index (κ3) is 1.53. The molecule has 0 bridgehead atoms. The Bertz CT molecular complexity index is 565. The Kier molecular flexibility index (Phi) is 2.58. The van der Waals surface area contributed by atoms with E-state index in [-0.39, 0.29) is 5.56 Å². The summed E-state index contributed by atoms with van der Waals surface area (Å²) < 4.78 is 5.55. The lowest BCUT2D eigenvalue weighted by Gasteiger charge is -2.16. The van der Waals surface area contributed by atoms with E-state index < -0.39 is 24.4 Å². The van der Waals surface area contributed by atoms with Crippen LogP contribution in [0.1, 0.15) is 18.2 Å². The minimum absolute atomic E-state index is 0.174. The number of aromatic nitrogens is 2. The number of ether oxygens (including phenoxy) is 1. The van der Waals surface area contributed by atoms with Crippen LogP contribution in [0.2, 0.25) is 0 Å². The fraction of sp³-hybridized carbons (Fsp3) is 0.500. The highest BCUT2D eigenvalue weighted by Crippen LogP contribution is 2.34. The third-order valence-corrected chi connectivity index (χ3v) is 3.56. The monoisotopic (exact) mass is 250 g/mol. The normalized spacial score (nSPS) is 34.5. The van der Waals surface area contributed by atoms with Gasteiger partial charge >= 0.3 is 0 Å². The molecular weight excluding hydrogens is 236 g/mol. The van der Waals surface area contributed by atoms with E-state index in [1.54, 1.807) is 6.92 Å². The van der Waals surface area contributed by atoms with E-state index in [1.807, 2.05) is 6.08 Å². The summed E-state index contributed by atoms with van der Waals surface area (Å²) in [6.07, 6.45) is 0.681. The quantitative estimate of drug-likeness (QED) is 0.607. The molecule has 2 heterocycles.